The van der Waals surface area contributed by atoms with Crippen molar-refractivity contribution in [1.82, 2.24) is 0 Å². The molecule has 0 heterocycles. The van der Waals surface area contributed by atoms with Crippen molar-refractivity contribution in [3.63, 3.8) is 0 Å². The van der Waals surface area contributed by atoms with Crippen LogP contribution in [0.25, 0.3) is 0 Å². The molecule has 0 saturated carbocycles. The first-order valence-electron chi connectivity index (χ1n) is 11.4. The molecule has 4 atom stereocenters. The van der Waals surface area contributed by atoms with Gasteiger partial charge < -0.3 is 23.7 Å². The van der Waals surface area contributed by atoms with Crippen molar-refractivity contribution in [1.29, 1.82) is 0 Å². The molecule has 0 aromatic heterocycles. The van der Waals surface area contributed by atoms with Crippen molar-refractivity contribution >= 4 is 35.1 Å². The molecule has 0 amide bonds. The first-order chi connectivity index (χ1) is 16.7. The first kappa shape index (κ1) is 29.1. The van der Waals surface area contributed by atoms with Crippen LogP contribution in [-0.2, 0) is 23.7 Å². The van der Waals surface area contributed by atoms with E-state index in [1.807, 2.05) is 20.8 Å². The van der Waals surface area contributed by atoms with Crippen molar-refractivity contribution < 1.29 is 33.3 Å². The smallest absolute Gasteiger partial charge is 0.339 e. The molecule has 0 radical (unpaired) electrons. The molecule has 0 spiro atoms. The summed E-state index contributed by atoms with van der Waals surface area (Å²) in [5, 5.41) is 0.689. The van der Waals surface area contributed by atoms with Crippen molar-refractivity contribution in [3.05, 3.63) is 69.7 Å². The van der Waals surface area contributed by atoms with E-state index in [1.54, 1.807) is 55.5 Å². The number of hydrogen-bond acceptors (Lipinski definition) is 7. The first-order valence-corrected chi connectivity index (χ1v) is 12.1. The van der Waals surface area contributed by atoms with E-state index in [0.29, 0.717) is 34.4 Å². The largest absolute Gasteiger partial charge is 0.459 e. The lowest BCUT2D eigenvalue weighted by Gasteiger charge is -2.21. The van der Waals surface area contributed by atoms with Gasteiger partial charge in [-0.3, -0.25) is 0 Å². The summed E-state index contributed by atoms with van der Waals surface area (Å²) in [7, 11) is 0. The Hall–Kier alpha value is -2.16. The molecule has 7 nitrogen and oxygen atoms in total. The number of esters is 2. The molecule has 192 valence electrons. The van der Waals surface area contributed by atoms with Crippen molar-refractivity contribution in [3.8, 4) is 0 Å². The van der Waals surface area contributed by atoms with E-state index in [1.165, 1.54) is 0 Å². The number of benzene rings is 2. The molecular formula is C26H32Cl2O7. The van der Waals surface area contributed by atoms with Gasteiger partial charge in [-0.05, 0) is 52.0 Å². The Morgan fingerprint density at radius 1 is 0.629 bits per heavy atom. The second-order valence-corrected chi connectivity index (χ2v) is 9.02. The molecule has 2 aromatic carbocycles. The molecule has 0 aliphatic carbocycles. The maximum atomic E-state index is 12.2. The number of carbonyl (C=O) groups excluding carboxylic acids is 2. The van der Waals surface area contributed by atoms with E-state index in [4.69, 9.17) is 46.9 Å². The standard InChI is InChI=1S/C26H32Cl2O7/c1-17(13-32-19(3)15-34-25(29)21-9-5-7-11-23(21)27)31-14-18(2)33-16-20(4)35-26(30)22-10-6-8-12-24(22)28/h5-12,17-20H,13-16H2,1-4H3. The quantitative estimate of drug-likeness (QED) is 0.296. The lowest BCUT2D eigenvalue weighted by molar-refractivity contribution is -0.0851. The average molecular weight is 527 g/mol. The summed E-state index contributed by atoms with van der Waals surface area (Å²) in [4.78, 5) is 24.3. The van der Waals surface area contributed by atoms with Crippen LogP contribution < -0.4 is 0 Å². The number of hydrogen-bond donors (Lipinski definition) is 0. The van der Waals surface area contributed by atoms with Gasteiger partial charge in [-0.15, -0.1) is 0 Å². The molecule has 35 heavy (non-hydrogen) atoms. The Balaban J connectivity index is 1.59. The van der Waals surface area contributed by atoms with Gasteiger partial charge in [0.1, 0.15) is 12.7 Å². The van der Waals surface area contributed by atoms with Crippen molar-refractivity contribution in [2.24, 2.45) is 0 Å². The third-order valence-electron chi connectivity index (χ3n) is 4.79. The predicted molar refractivity (Wildman–Crippen MR) is 134 cm³/mol. The normalized spacial score (nSPS) is 14.6. The van der Waals surface area contributed by atoms with E-state index in [9.17, 15) is 9.59 Å². The fourth-order valence-electron chi connectivity index (χ4n) is 2.85. The SMILES string of the molecule is CC(COC(=O)c1ccccc1Cl)OCC(C)OCC(C)OCC(C)OC(=O)c1ccccc1Cl. The monoisotopic (exact) mass is 526 g/mol. The highest BCUT2D eigenvalue weighted by molar-refractivity contribution is 6.33. The molecular weight excluding hydrogens is 495 g/mol. The summed E-state index contributed by atoms with van der Waals surface area (Å²) in [5.41, 5.74) is 0.638. The van der Waals surface area contributed by atoms with Crippen molar-refractivity contribution in [2.75, 3.05) is 26.4 Å². The van der Waals surface area contributed by atoms with Gasteiger partial charge in [0.05, 0.1) is 59.3 Å². The van der Waals surface area contributed by atoms with Crippen LogP contribution in [0.4, 0.5) is 0 Å². The van der Waals surface area contributed by atoms with Crippen LogP contribution in [0.15, 0.2) is 48.5 Å². The molecule has 0 aliphatic rings. The maximum Gasteiger partial charge on any atom is 0.339 e. The molecule has 4 unspecified atom stereocenters. The molecule has 0 fully saturated rings. The average Bonchev–Trinajstić information content (AvgIpc) is 2.83. The van der Waals surface area contributed by atoms with Gasteiger partial charge in [0.2, 0.25) is 0 Å². The number of ether oxygens (including phenoxy) is 5. The van der Waals surface area contributed by atoms with Crippen LogP contribution in [0, 0.1) is 0 Å². The topological polar surface area (TPSA) is 80.3 Å². The number of rotatable bonds is 14. The van der Waals surface area contributed by atoms with Gasteiger partial charge in [0.25, 0.3) is 0 Å². The van der Waals surface area contributed by atoms with E-state index in [-0.39, 0.29) is 31.5 Å². The van der Waals surface area contributed by atoms with Crippen LogP contribution in [0.1, 0.15) is 48.4 Å². The highest BCUT2D eigenvalue weighted by atomic mass is 35.5. The zero-order chi connectivity index (χ0) is 25.8. The minimum atomic E-state index is -0.493. The summed E-state index contributed by atoms with van der Waals surface area (Å²) in [6, 6.07) is 13.4. The summed E-state index contributed by atoms with van der Waals surface area (Å²) in [6.07, 6.45) is -1.17. The zero-order valence-electron chi connectivity index (χ0n) is 20.4. The lowest BCUT2D eigenvalue weighted by atomic mass is 10.2. The van der Waals surface area contributed by atoms with Crippen LogP contribution >= 0.6 is 23.2 Å². The van der Waals surface area contributed by atoms with Gasteiger partial charge in [-0.1, -0.05) is 47.5 Å². The molecule has 2 aromatic rings. The van der Waals surface area contributed by atoms with E-state index < -0.39 is 18.0 Å². The minimum Gasteiger partial charge on any atom is -0.459 e. The number of carbonyl (C=O) groups is 2. The second kappa shape index (κ2) is 15.1. The minimum absolute atomic E-state index is 0.0983. The second-order valence-electron chi connectivity index (χ2n) is 8.21. The third-order valence-corrected chi connectivity index (χ3v) is 5.45. The summed E-state index contributed by atoms with van der Waals surface area (Å²) < 4.78 is 27.8. The van der Waals surface area contributed by atoms with Gasteiger partial charge in [-0.2, -0.15) is 0 Å². The molecule has 0 N–H and O–H groups in total. The third kappa shape index (κ3) is 10.5. The van der Waals surface area contributed by atoms with Crippen LogP contribution in [0.5, 0.6) is 0 Å². The van der Waals surface area contributed by atoms with E-state index in [0.717, 1.165) is 0 Å². The van der Waals surface area contributed by atoms with Crippen molar-refractivity contribution in [2.45, 2.75) is 52.1 Å². The zero-order valence-corrected chi connectivity index (χ0v) is 21.9. The van der Waals surface area contributed by atoms with Gasteiger partial charge in [0, 0.05) is 0 Å². The molecule has 0 bridgehead atoms. The van der Waals surface area contributed by atoms with Gasteiger partial charge in [0.15, 0.2) is 0 Å². The van der Waals surface area contributed by atoms with E-state index in [2.05, 4.69) is 0 Å². The fourth-order valence-corrected chi connectivity index (χ4v) is 3.27. The Labute approximate surface area is 216 Å². The Morgan fingerprint density at radius 2 is 1.03 bits per heavy atom. The summed E-state index contributed by atoms with van der Waals surface area (Å²) in [5.74, 6) is -0.985. The summed E-state index contributed by atoms with van der Waals surface area (Å²) in [6.45, 7) is 8.29. The van der Waals surface area contributed by atoms with Gasteiger partial charge in [-0.25, -0.2) is 9.59 Å². The summed E-state index contributed by atoms with van der Waals surface area (Å²) >= 11 is 12.0. The van der Waals surface area contributed by atoms with E-state index >= 15 is 0 Å². The van der Waals surface area contributed by atoms with Gasteiger partial charge >= 0.3 is 11.9 Å². The lowest BCUT2D eigenvalue weighted by Crippen LogP contribution is -2.29. The Kier molecular flexibility index (Phi) is 12.5. The number of halogens is 2. The fraction of sp³-hybridized carbons (Fsp3) is 0.462. The Bertz CT molecular complexity index is 953. The molecule has 0 aliphatic heterocycles. The van der Waals surface area contributed by atoms with Crippen LogP contribution in [0.2, 0.25) is 10.0 Å². The van der Waals surface area contributed by atoms with Crippen LogP contribution in [0.3, 0.4) is 0 Å². The molecule has 9 heteroatoms. The maximum absolute atomic E-state index is 12.2. The highest BCUT2D eigenvalue weighted by Crippen LogP contribution is 2.17. The van der Waals surface area contributed by atoms with Crippen LogP contribution in [-0.4, -0.2) is 62.8 Å². The molecule has 0 saturated heterocycles. The molecule has 2 rings (SSSR count). The highest BCUT2D eigenvalue weighted by Gasteiger charge is 2.17. The Morgan fingerprint density at radius 3 is 1.51 bits per heavy atom. The predicted octanol–water partition coefficient (Wildman–Crippen LogP) is 5.61.